The molecule has 118 valence electrons. The molecular formula is C16H20ClN3OS. The highest BCUT2D eigenvalue weighted by Crippen LogP contribution is 2.31. The summed E-state index contributed by atoms with van der Waals surface area (Å²) >= 11 is 7.57. The lowest BCUT2D eigenvalue weighted by atomic mass is 10.1. The Labute approximate surface area is 140 Å². The number of hydrogen-bond donors (Lipinski definition) is 0. The van der Waals surface area contributed by atoms with Crippen LogP contribution in [0.1, 0.15) is 44.2 Å². The van der Waals surface area contributed by atoms with Crippen LogP contribution >= 0.6 is 23.1 Å². The van der Waals surface area contributed by atoms with Crippen LogP contribution in [0.4, 0.5) is 5.13 Å². The van der Waals surface area contributed by atoms with Crippen LogP contribution in [0.25, 0.3) is 0 Å². The number of benzene rings is 1. The molecule has 1 aromatic heterocycles. The van der Waals surface area contributed by atoms with E-state index in [1.807, 2.05) is 18.2 Å². The Bertz CT molecular complexity index is 646. The summed E-state index contributed by atoms with van der Waals surface area (Å²) in [6.07, 6.45) is 0.0151. The number of aromatic nitrogens is 2. The van der Waals surface area contributed by atoms with Gasteiger partial charge in [-0.2, -0.15) is 4.37 Å². The average Bonchev–Trinajstić information content (AvgIpc) is 2.97. The van der Waals surface area contributed by atoms with Crippen LogP contribution in [0.5, 0.6) is 0 Å². The fraction of sp³-hybridized carbons (Fsp3) is 0.500. The Hall–Kier alpha value is -1.17. The van der Waals surface area contributed by atoms with E-state index in [-0.39, 0.29) is 6.10 Å². The van der Waals surface area contributed by atoms with E-state index in [9.17, 15) is 0 Å². The van der Waals surface area contributed by atoms with Gasteiger partial charge in [-0.15, -0.1) is 0 Å². The summed E-state index contributed by atoms with van der Waals surface area (Å²) in [5.74, 6) is 1.27. The van der Waals surface area contributed by atoms with Crippen molar-refractivity contribution < 1.29 is 4.74 Å². The van der Waals surface area contributed by atoms with E-state index in [0.29, 0.717) is 18.6 Å². The van der Waals surface area contributed by atoms with E-state index < -0.39 is 0 Å². The first-order chi connectivity index (χ1) is 10.5. The molecule has 1 aliphatic heterocycles. The van der Waals surface area contributed by atoms with Gasteiger partial charge < -0.3 is 9.64 Å². The predicted octanol–water partition coefficient (Wildman–Crippen LogP) is 4.28. The summed E-state index contributed by atoms with van der Waals surface area (Å²) in [6, 6.07) is 8.17. The summed E-state index contributed by atoms with van der Waals surface area (Å²) in [7, 11) is 0. The molecule has 6 heteroatoms. The largest absolute Gasteiger partial charge is 0.370 e. The highest BCUT2D eigenvalue weighted by Gasteiger charge is 2.29. The van der Waals surface area contributed by atoms with Crippen molar-refractivity contribution in [3.8, 4) is 0 Å². The smallest absolute Gasteiger partial charge is 0.205 e. The molecule has 0 bridgehead atoms. The van der Waals surface area contributed by atoms with E-state index >= 15 is 0 Å². The number of nitrogens with zero attached hydrogens (tertiary/aromatic N) is 3. The first kappa shape index (κ1) is 15.7. The van der Waals surface area contributed by atoms with Gasteiger partial charge in [0, 0.05) is 22.5 Å². The number of ether oxygens (including phenoxy) is 1. The summed E-state index contributed by atoms with van der Waals surface area (Å²) in [4.78, 5) is 6.97. The van der Waals surface area contributed by atoms with Crippen LogP contribution in [0.3, 0.4) is 0 Å². The normalized spacial score (nSPS) is 22.3. The van der Waals surface area contributed by atoms with Gasteiger partial charge >= 0.3 is 0 Å². The van der Waals surface area contributed by atoms with Crippen molar-refractivity contribution >= 4 is 28.3 Å². The molecule has 2 aromatic rings. The van der Waals surface area contributed by atoms with Crippen molar-refractivity contribution in [1.82, 2.24) is 9.36 Å². The molecule has 1 aromatic carbocycles. The van der Waals surface area contributed by atoms with Crippen molar-refractivity contribution in [1.29, 1.82) is 0 Å². The summed E-state index contributed by atoms with van der Waals surface area (Å²) in [5, 5.41) is 1.72. The van der Waals surface area contributed by atoms with E-state index in [1.165, 1.54) is 11.5 Å². The van der Waals surface area contributed by atoms with Gasteiger partial charge in [0.05, 0.1) is 19.2 Å². The molecular weight excluding hydrogens is 318 g/mol. The molecule has 0 radical (unpaired) electrons. The molecule has 2 unspecified atom stereocenters. The Morgan fingerprint density at radius 2 is 2.23 bits per heavy atom. The lowest BCUT2D eigenvalue weighted by Crippen LogP contribution is -2.45. The van der Waals surface area contributed by atoms with Crippen molar-refractivity contribution in [3.63, 3.8) is 0 Å². The van der Waals surface area contributed by atoms with Crippen molar-refractivity contribution in [2.45, 2.75) is 38.8 Å². The maximum Gasteiger partial charge on any atom is 0.205 e. The Morgan fingerprint density at radius 3 is 2.91 bits per heavy atom. The van der Waals surface area contributed by atoms with E-state index in [1.54, 1.807) is 0 Å². The zero-order valence-electron chi connectivity index (χ0n) is 13.0. The van der Waals surface area contributed by atoms with Gasteiger partial charge in [0.2, 0.25) is 5.13 Å². The van der Waals surface area contributed by atoms with Gasteiger partial charge in [-0.3, -0.25) is 0 Å². The van der Waals surface area contributed by atoms with Gasteiger partial charge in [-0.1, -0.05) is 37.6 Å². The molecule has 4 nitrogen and oxygen atoms in total. The molecule has 1 fully saturated rings. The van der Waals surface area contributed by atoms with Crippen molar-refractivity contribution in [3.05, 3.63) is 40.7 Å². The Morgan fingerprint density at radius 1 is 1.41 bits per heavy atom. The number of hydrogen-bond acceptors (Lipinski definition) is 5. The number of rotatable bonds is 3. The first-order valence-corrected chi connectivity index (χ1v) is 8.67. The van der Waals surface area contributed by atoms with Gasteiger partial charge in [0.15, 0.2) is 0 Å². The lowest BCUT2D eigenvalue weighted by Gasteiger charge is -2.37. The minimum absolute atomic E-state index is 0.0151. The molecule has 1 saturated heterocycles. The number of anilines is 1. The highest BCUT2D eigenvalue weighted by molar-refractivity contribution is 7.09. The molecule has 22 heavy (non-hydrogen) atoms. The van der Waals surface area contributed by atoms with Crippen LogP contribution in [-0.2, 0) is 4.74 Å². The molecule has 1 aliphatic rings. The van der Waals surface area contributed by atoms with Gasteiger partial charge in [0.1, 0.15) is 11.9 Å². The third-order valence-electron chi connectivity index (χ3n) is 3.85. The zero-order valence-corrected chi connectivity index (χ0v) is 14.6. The van der Waals surface area contributed by atoms with Gasteiger partial charge in [0.25, 0.3) is 0 Å². The third-order valence-corrected chi connectivity index (χ3v) is 4.85. The fourth-order valence-corrected chi connectivity index (χ4v) is 3.63. The summed E-state index contributed by atoms with van der Waals surface area (Å²) < 4.78 is 10.5. The molecule has 0 amide bonds. The van der Waals surface area contributed by atoms with Crippen LogP contribution in [0.15, 0.2) is 24.3 Å². The van der Waals surface area contributed by atoms with Crippen LogP contribution in [-0.4, -0.2) is 28.6 Å². The standard InChI is InChI=1S/C16H20ClN3OS/c1-10(2)15-18-16(22-19-15)20-8-14(21-9-11(20)3)12-5-4-6-13(17)7-12/h4-7,10-11,14H,8-9H2,1-3H3. The second kappa shape index (κ2) is 6.52. The molecule has 2 heterocycles. The third kappa shape index (κ3) is 3.26. The Kier molecular flexibility index (Phi) is 4.66. The topological polar surface area (TPSA) is 38.2 Å². The lowest BCUT2D eigenvalue weighted by molar-refractivity contribution is 0.0215. The Balaban J connectivity index is 1.81. The second-order valence-electron chi connectivity index (χ2n) is 5.97. The second-order valence-corrected chi connectivity index (χ2v) is 7.13. The molecule has 3 rings (SSSR count). The highest BCUT2D eigenvalue weighted by atomic mass is 35.5. The van der Waals surface area contributed by atoms with Gasteiger partial charge in [-0.25, -0.2) is 4.98 Å². The minimum atomic E-state index is 0.0151. The monoisotopic (exact) mass is 337 g/mol. The minimum Gasteiger partial charge on any atom is -0.370 e. The van der Waals surface area contributed by atoms with Crippen LogP contribution in [0, 0.1) is 0 Å². The molecule has 0 saturated carbocycles. The van der Waals surface area contributed by atoms with Crippen LogP contribution < -0.4 is 4.90 Å². The predicted molar refractivity (Wildman–Crippen MR) is 91.0 cm³/mol. The zero-order chi connectivity index (χ0) is 15.7. The molecule has 0 aliphatic carbocycles. The van der Waals surface area contributed by atoms with E-state index in [4.69, 9.17) is 16.3 Å². The summed E-state index contributed by atoms with van der Waals surface area (Å²) in [5.41, 5.74) is 1.11. The van der Waals surface area contributed by atoms with E-state index in [0.717, 1.165) is 28.1 Å². The first-order valence-electron chi connectivity index (χ1n) is 7.52. The fourth-order valence-electron chi connectivity index (χ4n) is 2.51. The maximum absolute atomic E-state index is 6.09. The maximum atomic E-state index is 6.09. The van der Waals surface area contributed by atoms with Crippen molar-refractivity contribution in [2.24, 2.45) is 0 Å². The number of morpholine rings is 1. The quantitative estimate of drug-likeness (QED) is 0.837. The summed E-state index contributed by atoms with van der Waals surface area (Å²) in [6.45, 7) is 7.83. The molecule has 0 spiro atoms. The SMILES string of the molecule is CC(C)c1nsc(N2CC(c3cccc(Cl)c3)OCC2C)n1. The van der Waals surface area contributed by atoms with Crippen molar-refractivity contribution in [2.75, 3.05) is 18.1 Å². The van der Waals surface area contributed by atoms with Crippen LogP contribution in [0.2, 0.25) is 5.02 Å². The van der Waals surface area contributed by atoms with Gasteiger partial charge in [-0.05, 0) is 24.6 Å². The number of halogens is 1. The van der Waals surface area contributed by atoms with E-state index in [2.05, 4.69) is 41.1 Å². The molecule has 0 N–H and O–H groups in total. The molecule has 2 atom stereocenters. The average molecular weight is 338 g/mol.